The lowest BCUT2D eigenvalue weighted by atomic mass is 10.2. The maximum Gasteiger partial charge on any atom is 0.273 e. The Hall–Kier alpha value is -4.37. The molecule has 0 bridgehead atoms. The molecule has 16 heteroatoms. The number of sulfonamides is 1. The van der Waals surface area contributed by atoms with Gasteiger partial charge in [-0.25, -0.2) is 13.8 Å². The van der Waals surface area contributed by atoms with Crippen LogP contribution in [0.3, 0.4) is 0 Å². The number of methoxy groups -OCH3 is 2. The van der Waals surface area contributed by atoms with E-state index in [1.54, 1.807) is 24.3 Å². The first-order valence-electron chi connectivity index (χ1n) is 13.5. The first-order valence-corrected chi connectivity index (χ1v) is 16.5. The van der Waals surface area contributed by atoms with E-state index in [1.807, 2.05) is 12.1 Å². The highest BCUT2D eigenvalue weighted by Gasteiger charge is 2.31. The molecular weight excluding hydrogens is 739 g/mol. The lowest BCUT2D eigenvalue weighted by Crippen LogP contribution is -2.39. The lowest BCUT2D eigenvalue weighted by molar-refractivity contribution is -0.385. The molecule has 246 valence electrons. The second kappa shape index (κ2) is 15.5. The molecule has 0 heterocycles. The van der Waals surface area contributed by atoms with Gasteiger partial charge in [0.05, 0.1) is 40.4 Å². The molecule has 0 atom stereocenters. The predicted octanol–water partition coefficient (Wildman–Crippen LogP) is 6.91. The summed E-state index contributed by atoms with van der Waals surface area (Å²) < 4.78 is 45.8. The van der Waals surface area contributed by atoms with E-state index in [1.165, 1.54) is 57.7 Å². The van der Waals surface area contributed by atoms with E-state index in [2.05, 4.69) is 26.5 Å². The Bertz CT molecular complexity index is 1940. The average molecular weight is 766 g/mol. The fraction of sp³-hybridized carbons (Fsp3) is 0.161. The van der Waals surface area contributed by atoms with Crippen molar-refractivity contribution in [1.29, 1.82) is 0 Å². The molecule has 4 aromatic carbocycles. The normalized spacial score (nSPS) is 11.3. The second-order valence-electron chi connectivity index (χ2n) is 9.78. The van der Waals surface area contributed by atoms with Gasteiger partial charge in [0.15, 0.2) is 11.5 Å². The van der Waals surface area contributed by atoms with Gasteiger partial charge in [0, 0.05) is 21.7 Å². The van der Waals surface area contributed by atoms with Crippen LogP contribution in [0.15, 0.2) is 87.3 Å². The molecule has 0 aliphatic heterocycles. The third-order valence-corrected chi connectivity index (χ3v) is 9.45. The van der Waals surface area contributed by atoms with Gasteiger partial charge in [0.1, 0.15) is 18.9 Å². The number of nitro benzene ring substituents is 1. The van der Waals surface area contributed by atoms with Gasteiger partial charge in [-0.3, -0.25) is 19.2 Å². The Labute approximate surface area is 289 Å². The summed E-state index contributed by atoms with van der Waals surface area (Å²) in [6.07, 6.45) is 1.33. The number of carbonyl (C=O) groups is 1. The highest BCUT2D eigenvalue weighted by atomic mass is 79.9. The summed E-state index contributed by atoms with van der Waals surface area (Å²) in [5.41, 5.74) is 3.51. The summed E-state index contributed by atoms with van der Waals surface area (Å²) in [4.78, 5) is 23.6. The van der Waals surface area contributed by atoms with Crippen LogP contribution in [0.4, 0.5) is 11.4 Å². The van der Waals surface area contributed by atoms with Crippen LogP contribution in [-0.4, -0.2) is 46.2 Å². The van der Waals surface area contributed by atoms with Crippen LogP contribution < -0.4 is 23.9 Å². The monoisotopic (exact) mass is 764 g/mol. The van der Waals surface area contributed by atoms with Gasteiger partial charge in [-0.2, -0.15) is 5.10 Å². The summed E-state index contributed by atoms with van der Waals surface area (Å²) in [5, 5.41) is 16.3. The number of aryl methyl sites for hydroxylation is 1. The second-order valence-corrected chi connectivity index (χ2v) is 13.4. The number of hydrogen-bond acceptors (Lipinski definition) is 9. The van der Waals surface area contributed by atoms with Crippen LogP contribution in [0.1, 0.15) is 16.7 Å². The van der Waals surface area contributed by atoms with Crippen molar-refractivity contribution < 1.29 is 32.3 Å². The van der Waals surface area contributed by atoms with Gasteiger partial charge in [0.2, 0.25) is 0 Å². The number of rotatable bonds is 13. The Morgan fingerprint density at radius 1 is 1.00 bits per heavy atom. The van der Waals surface area contributed by atoms with Crippen molar-refractivity contribution in [3.05, 3.63) is 114 Å². The number of carbonyl (C=O) groups excluding carboxylic acids is 1. The van der Waals surface area contributed by atoms with Gasteiger partial charge in [-0.15, -0.1) is 0 Å². The minimum Gasteiger partial charge on any atom is -0.495 e. The molecule has 4 rings (SSSR count). The van der Waals surface area contributed by atoms with Crippen molar-refractivity contribution in [2.24, 2.45) is 5.10 Å². The first kappa shape index (κ1) is 35.5. The quantitative estimate of drug-likeness (QED) is 0.0877. The van der Waals surface area contributed by atoms with Crippen LogP contribution in [0, 0.1) is 17.0 Å². The van der Waals surface area contributed by atoms with Crippen LogP contribution in [0.25, 0.3) is 0 Å². The fourth-order valence-electron chi connectivity index (χ4n) is 4.27. The van der Waals surface area contributed by atoms with Crippen LogP contribution in [0.5, 0.6) is 17.2 Å². The Morgan fingerprint density at radius 2 is 1.68 bits per heavy atom. The zero-order valence-corrected chi connectivity index (χ0v) is 29.0. The summed E-state index contributed by atoms with van der Waals surface area (Å²) in [7, 11) is -1.77. The topological polar surface area (TPSA) is 150 Å². The minimum absolute atomic E-state index is 0.0646. The summed E-state index contributed by atoms with van der Waals surface area (Å²) >= 11 is 15.6. The van der Waals surface area contributed by atoms with Gasteiger partial charge < -0.3 is 14.2 Å². The molecule has 0 aromatic heterocycles. The highest BCUT2D eigenvalue weighted by Crippen LogP contribution is 2.38. The van der Waals surface area contributed by atoms with Crippen molar-refractivity contribution >= 4 is 72.7 Å². The summed E-state index contributed by atoms with van der Waals surface area (Å²) in [6.45, 7) is 0.957. The number of benzene rings is 4. The zero-order valence-electron chi connectivity index (χ0n) is 25.1. The molecule has 0 saturated heterocycles. The van der Waals surface area contributed by atoms with Crippen LogP contribution >= 0.6 is 39.1 Å². The van der Waals surface area contributed by atoms with E-state index in [9.17, 15) is 23.3 Å². The van der Waals surface area contributed by atoms with E-state index >= 15 is 0 Å². The molecule has 4 aromatic rings. The third kappa shape index (κ3) is 8.71. The fourth-order valence-corrected chi connectivity index (χ4v) is 6.58. The van der Waals surface area contributed by atoms with Crippen LogP contribution in [0.2, 0.25) is 10.0 Å². The average Bonchev–Trinajstić information content (AvgIpc) is 3.03. The number of hydrogen-bond donors (Lipinski definition) is 1. The third-order valence-electron chi connectivity index (χ3n) is 6.61. The van der Waals surface area contributed by atoms with Gasteiger partial charge in [-0.1, -0.05) is 41.4 Å². The number of halogens is 3. The van der Waals surface area contributed by atoms with Crippen molar-refractivity contribution in [2.75, 3.05) is 25.1 Å². The number of anilines is 1. The number of nitro groups is 1. The lowest BCUT2D eigenvalue weighted by Gasteiger charge is -2.25. The molecule has 47 heavy (non-hydrogen) atoms. The van der Waals surface area contributed by atoms with E-state index in [-0.39, 0.29) is 28.6 Å². The van der Waals surface area contributed by atoms with Crippen molar-refractivity contribution in [1.82, 2.24) is 5.43 Å². The van der Waals surface area contributed by atoms with Gasteiger partial charge >= 0.3 is 0 Å². The molecule has 0 saturated carbocycles. The largest absolute Gasteiger partial charge is 0.495 e. The molecule has 0 aliphatic rings. The molecule has 0 aliphatic carbocycles. The number of amides is 1. The molecular formula is C31H27BrCl2N4O8S. The van der Waals surface area contributed by atoms with E-state index in [4.69, 9.17) is 37.4 Å². The first-order chi connectivity index (χ1) is 22.3. The molecule has 1 N–H and O–H groups in total. The van der Waals surface area contributed by atoms with Crippen molar-refractivity contribution in [3.8, 4) is 17.2 Å². The van der Waals surface area contributed by atoms with Crippen molar-refractivity contribution in [2.45, 2.75) is 18.4 Å². The summed E-state index contributed by atoms with van der Waals surface area (Å²) in [5.74, 6) is 0.0866. The van der Waals surface area contributed by atoms with Crippen LogP contribution in [-0.2, 0) is 21.4 Å². The van der Waals surface area contributed by atoms with Gasteiger partial charge in [0.25, 0.3) is 21.6 Å². The SMILES string of the molecule is COc1ccc(Cl)cc1N(CC(=O)N/N=C\c1cc(Br)c(OCc2ccc(Cl)cc2)c(OC)c1)S(=O)(=O)c1ccc(C)c([N+](=O)[O-])c1. The molecule has 1 amide bonds. The maximum atomic E-state index is 13.9. The van der Waals surface area contributed by atoms with E-state index in [0.717, 1.165) is 15.9 Å². The molecule has 0 unspecified atom stereocenters. The van der Waals surface area contributed by atoms with Gasteiger partial charge in [-0.05, 0) is 82.5 Å². The molecule has 12 nitrogen and oxygen atoms in total. The number of nitrogens with one attached hydrogen (secondary N) is 1. The number of nitrogens with zero attached hydrogens (tertiary/aromatic N) is 3. The predicted molar refractivity (Wildman–Crippen MR) is 183 cm³/mol. The number of hydrazone groups is 1. The smallest absolute Gasteiger partial charge is 0.273 e. The highest BCUT2D eigenvalue weighted by molar-refractivity contribution is 9.10. The zero-order chi connectivity index (χ0) is 34.3. The Morgan fingerprint density at radius 3 is 2.34 bits per heavy atom. The molecule has 0 spiro atoms. The maximum absolute atomic E-state index is 13.9. The summed E-state index contributed by atoms with van der Waals surface area (Å²) in [6, 6.07) is 18.2. The van der Waals surface area contributed by atoms with E-state index in [0.29, 0.717) is 26.6 Å². The number of ether oxygens (including phenoxy) is 3. The minimum atomic E-state index is -4.56. The Kier molecular flexibility index (Phi) is 11.7. The van der Waals surface area contributed by atoms with Crippen molar-refractivity contribution in [3.63, 3.8) is 0 Å². The Balaban J connectivity index is 1.57. The molecule has 0 radical (unpaired) electrons. The molecule has 0 fully saturated rings. The standard InChI is InChI=1S/C31H27BrCl2N4O8S/c1-19-4-10-24(15-26(19)38(40)41)47(42,43)37(27-14-23(34)9-11-28(27)44-2)17-30(39)36-35-16-21-12-25(32)31(29(13-21)45-3)46-18-20-5-7-22(33)8-6-20/h4-16H,17-18H2,1-3H3,(H,36,39)/b35-16-. The van der Waals surface area contributed by atoms with E-state index < -0.39 is 38.0 Å².